The number of nitrogens with zero attached hydrogens (tertiary/aromatic N) is 8. The van der Waals surface area contributed by atoms with E-state index in [4.69, 9.17) is 11.6 Å². The first-order valence-corrected chi connectivity index (χ1v) is 33.7. The number of likely N-dealkylation sites (N-methyl/N-ethyl adjacent to an activating group) is 7. The third-order valence-corrected chi connectivity index (χ3v) is 18.6. The van der Waals surface area contributed by atoms with E-state index in [0.717, 1.165) is 30.7 Å². The van der Waals surface area contributed by atoms with Crippen molar-refractivity contribution in [1.29, 1.82) is 0 Å². The number of carbonyl (C=O) groups excluding carboxylic acids is 12. The Bertz CT molecular complexity index is 3200. The first-order valence-electron chi connectivity index (χ1n) is 33.3. The predicted octanol–water partition coefficient (Wildman–Crippen LogP) is 3.87. The molecule has 2 saturated heterocycles. The van der Waals surface area contributed by atoms with Crippen LogP contribution in [0.3, 0.4) is 0 Å². The number of carbonyl (C=O) groups is 12. The summed E-state index contributed by atoms with van der Waals surface area (Å²) in [6.45, 7) is 13.5. The van der Waals surface area contributed by atoms with Crippen LogP contribution in [0.4, 0.5) is 0 Å². The Morgan fingerprint density at radius 1 is 0.521 bits per heavy atom. The van der Waals surface area contributed by atoms with Gasteiger partial charge < -0.3 is 60.5 Å². The van der Waals surface area contributed by atoms with Crippen molar-refractivity contribution in [3.8, 4) is 0 Å². The maximum atomic E-state index is 15.5. The first kappa shape index (κ1) is 78.3. The molecule has 0 radical (unpaired) electrons. The molecule has 96 heavy (non-hydrogen) atoms. The highest BCUT2D eigenvalue weighted by molar-refractivity contribution is 6.30. The van der Waals surface area contributed by atoms with Crippen LogP contribution in [0.15, 0.2) is 78.9 Å². The van der Waals surface area contributed by atoms with Crippen molar-refractivity contribution in [3.63, 3.8) is 0 Å². The Morgan fingerprint density at radius 2 is 1.06 bits per heavy atom. The number of benzene rings is 3. The number of hydrogen-bond donors (Lipinski definition) is 4. The molecule has 5 rings (SSSR count). The van der Waals surface area contributed by atoms with Gasteiger partial charge in [0.25, 0.3) is 0 Å². The van der Waals surface area contributed by atoms with Gasteiger partial charge in [-0.2, -0.15) is 0 Å². The molecule has 0 bridgehead atoms. The maximum Gasteiger partial charge on any atom is 0.246 e. The van der Waals surface area contributed by atoms with Crippen LogP contribution < -0.4 is 21.3 Å². The summed E-state index contributed by atoms with van der Waals surface area (Å²) in [7, 11) is 9.78. The number of hydrogen-bond acceptors (Lipinski definition) is 12. The summed E-state index contributed by atoms with van der Waals surface area (Å²) < 4.78 is 0. The van der Waals surface area contributed by atoms with Gasteiger partial charge in [0.15, 0.2) is 0 Å². The number of amides is 12. The molecular formula is C71H103ClN12O12. The molecular weight excluding hydrogens is 1250 g/mol. The quantitative estimate of drug-likeness (QED) is 0.179. The topological polar surface area (TPSA) is 279 Å². The van der Waals surface area contributed by atoms with Crippen molar-refractivity contribution >= 4 is 82.5 Å². The fourth-order valence-electron chi connectivity index (χ4n) is 11.7. The Kier molecular flexibility index (Phi) is 29.9. The zero-order valence-electron chi connectivity index (χ0n) is 58.8. The molecule has 2 heterocycles. The summed E-state index contributed by atoms with van der Waals surface area (Å²) in [5, 5.41) is 11.8. The lowest BCUT2D eigenvalue weighted by Gasteiger charge is -2.37. The Morgan fingerprint density at radius 3 is 1.65 bits per heavy atom. The largest absolute Gasteiger partial charge is 0.343 e. The fourth-order valence-corrected chi connectivity index (χ4v) is 11.9. The van der Waals surface area contributed by atoms with Gasteiger partial charge in [0, 0.05) is 80.3 Å². The van der Waals surface area contributed by atoms with Crippen molar-refractivity contribution in [1.82, 2.24) is 60.5 Å². The van der Waals surface area contributed by atoms with E-state index in [9.17, 15) is 43.2 Å². The molecule has 12 amide bonds. The van der Waals surface area contributed by atoms with E-state index < -0.39 is 151 Å². The molecule has 4 N–H and O–H groups in total. The molecule has 2 aliphatic rings. The Balaban J connectivity index is 1.62. The van der Waals surface area contributed by atoms with E-state index in [1.54, 1.807) is 66.4 Å². The minimum atomic E-state index is -1.45. The molecule has 526 valence electrons. The molecule has 3 aromatic rings. The molecule has 0 saturated carbocycles. The summed E-state index contributed by atoms with van der Waals surface area (Å²) >= 11 is 6.24. The zero-order valence-corrected chi connectivity index (χ0v) is 59.6. The summed E-state index contributed by atoms with van der Waals surface area (Å²) in [4.78, 5) is 186. The highest BCUT2D eigenvalue weighted by Gasteiger charge is 2.42. The second-order valence-electron chi connectivity index (χ2n) is 26.9. The average molecular weight is 1350 g/mol. The summed E-state index contributed by atoms with van der Waals surface area (Å²) in [6.07, 6.45) is 1.65. The van der Waals surface area contributed by atoms with E-state index in [-0.39, 0.29) is 43.9 Å². The van der Waals surface area contributed by atoms with Gasteiger partial charge in [-0.1, -0.05) is 132 Å². The zero-order chi connectivity index (χ0) is 71.4. The maximum absolute atomic E-state index is 15.5. The average Bonchev–Trinajstić information content (AvgIpc) is 1.14. The van der Waals surface area contributed by atoms with Crippen LogP contribution >= 0.6 is 11.6 Å². The number of nitrogens with one attached hydrogen (secondary N) is 4. The standard InChI is InChI=1S/C71H103ClN12O12/c1-16-47(7)63-71(96)79(11)42-61(87)77(9)43-62(88)81(13)57(39-51-28-31-52(72)32-29-51)69(94)78(10)41-59(85)73-53(33-30-49-26-24-46(6)25-27-49)65(90)74-54(36-44(2)3)67(92)83(15)58(38-50-22-18-17-19-23-50)70(95)82(14)56(37-45(4)5)66(91)75-55(68(93)84-34-20-21-35-84)40-60(86)80(12)48(8)64(89)76-63/h17-19,22-29,31-32,44-45,47-48,53-58,63H,16,20-21,30,33-43H2,1-15H3,(H,73,85)(H,74,90)(H,75,91)(H,76,89)/t47-,48-,53-,54-,55-,56-,57-,58+,63-/m0/s1. The van der Waals surface area contributed by atoms with E-state index in [0.29, 0.717) is 54.9 Å². The molecule has 25 heteroatoms. The molecule has 9 atom stereocenters. The lowest BCUT2D eigenvalue weighted by atomic mass is 9.97. The van der Waals surface area contributed by atoms with Gasteiger partial charge >= 0.3 is 0 Å². The van der Waals surface area contributed by atoms with Crippen LogP contribution in [0.25, 0.3) is 0 Å². The second kappa shape index (κ2) is 36.6. The molecule has 2 aliphatic heterocycles. The van der Waals surface area contributed by atoms with Crippen LogP contribution in [0.1, 0.15) is 116 Å². The first-order chi connectivity index (χ1) is 45.2. The minimum absolute atomic E-state index is 0.0288. The minimum Gasteiger partial charge on any atom is -0.343 e. The van der Waals surface area contributed by atoms with Gasteiger partial charge in [0.2, 0.25) is 70.9 Å². The number of likely N-dealkylation sites (tertiary alicyclic amines) is 1. The van der Waals surface area contributed by atoms with E-state index in [1.807, 2.05) is 65.8 Å². The van der Waals surface area contributed by atoms with Gasteiger partial charge in [-0.3, -0.25) is 57.5 Å². The molecule has 3 aromatic carbocycles. The van der Waals surface area contributed by atoms with Crippen molar-refractivity contribution in [2.24, 2.45) is 17.8 Å². The van der Waals surface area contributed by atoms with Crippen LogP contribution in [-0.2, 0) is 76.8 Å². The van der Waals surface area contributed by atoms with Crippen molar-refractivity contribution in [2.75, 3.05) is 82.1 Å². The summed E-state index contributed by atoms with van der Waals surface area (Å²) in [5.41, 5.74) is 3.14. The molecule has 24 nitrogen and oxygen atoms in total. The van der Waals surface area contributed by atoms with Gasteiger partial charge in [-0.25, -0.2) is 0 Å². The smallest absolute Gasteiger partial charge is 0.246 e. The van der Waals surface area contributed by atoms with Gasteiger partial charge in [-0.05, 0) is 98.9 Å². The van der Waals surface area contributed by atoms with Gasteiger partial charge in [0.05, 0.1) is 26.1 Å². The molecule has 0 aromatic heterocycles. The number of aryl methyl sites for hydroxylation is 2. The van der Waals surface area contributed by atoms with Crippen molar-refractivity contribution in [3.05, 3.63) is 106 Å². The summed E-state index contributed by atoms with van der Waals surface area (Å²) in [5.74, 6) is -9.01. The summed E-state index contributed by atoms with van der Waals surface area (Å²) in [6, 6.07) is 13.0. The Hall–Kier alpha value is -8.41. The number of rotatable bonds is 14. The second-order valence-corrected chi connectivity index (χ2v) is 27.4. The van der Waals surface area contributed by atoms with Crippen LogP contribution in [0, 0.1) is 24.7 Å². The third-order valence-electron chi connectivity index (χ3n) is 18.3. The SMILES string of the molecule is CC[C@H](C)[C@@H]1NC(=O)[C@H](C)N(C)C(=O)C[C@@H](C(=O)N2CCCC2)NC(=O)[C@H](CC(C)C)N(C)C(=O)[C@@H](Cc2ccccc2)N(C)C(=O)[C@H](CC(C)C)NC(=O)[C@H](CCc2ccc(C)cc2)NC(=O)CN(C)C(=O)[C@H](Cc2ccc(Cl)cc2)N(C)C(=O)CN(C)C(=O)CN(C)C1=O. The van der Waals surface area contributed by atoms with Gasteiger partial charge in [-0.15, -0.1) is 0 Å². The molecule has 0 aliphatic carbocycles. The predicted molar refractivity (Wildman–Crippen MR) is 366 cm³/mol. The van der Waals surface area contributed by atoms with E-state index in [1.165, 1.54) is 71.0 Å². The molecule has 2 fully saturated rings. The highest BCUT2D eigenvalue weighted by Crippen LogP contribution is 2.23. The van der Waals surface area contributed by atoms with Gasteiger partial charge in [0.1, 0.15) is 48.3 Å². The van der Waals surface area contributed by atoms with E-state index >= 15 is 14.4 Å². The molecule has 0 spiro atoms. The lowest BCUT2D eigenvalue weighted by Crippen LogP contribution is -2.61. The number of halogens is 1. The van der Waals surface area contributed by atoms with Crippen molar-refractivity contribution < 1.29 is 57.5 Å². The van der Waals surface area contributed by atoms with Crippen LogP contribution in [0.2, 0.25) is 5.02 Å². The normalized spacial score (nSPS) is 23.8. The monoisotopic (exact) mass is 1350 g/mol. The van der Waals surface area contributed by atoms with E-state index in [2.05, 4.69) is 21.3 Å². The fraction of sp³-hybridized carbons (Fsp3) is 0.577. The van der Waals surface area contributed by atoms with Crippen LogP contribution in [-0.4, -0.2) is 240 Å². The third kappa shape index (κ3) is 22.3. The highest BCUT2D eigenvalue weighted by atomic mass is 35.5. The molecule has 0 unspecified atom stereocenters. The Labute approximate surface area is 571 Å². The van der Waals surface area contributed by atoms with Crippen molar-refractivity contribution in [2.45, 2.75) is 168 Å². The van der Waals surface area contributed by atoms with Crippen LogP contribution in [0.5, 0.6) is 0 Å². The lowest BCUT2D eigenvalue weighted by molar-refractivity contribution is -0.150.